The molecule has 2 heterocycles. The van der Waals surface area contributed by atoms with Crippen molar-refractivity contribution in [2.75, 3.05) is 13.1 Å². The zero-order valence-electron chi connectivity index (χ0n) is 13.3. The predicted octanol–water partition coefficient (Wildman–Crippen LogP) is 4.26. The third-order valence-corrected chi connectivity index (χ3v) is 4.82. The van der Waals surface area contributed by atoms with Gasteiger partial charge in [0.1, 0.15) is 0 Å². The summed E-state index contributed by atoms with van der Waals surface area (Å²) in [5, 5.41) is 12.1. The van der Waals surface area contributed by atoms with Crippen LogP contribution in [0.5, 0.6) is 0 Å². The molecular formula is C19H19N3O2. The van der Waals surface area contributed by atoms with Gasteiger partial charge in [0.2, 0.25) is 0 Å². The molecule has 1 saturated heterocycles. The van der Waals surface area contributed by atoms with Gasteiger partial charge in [0.15, 0.2) is 0 Å². The summed E-state index contributed by atoms with van der Waals surface area (Å²) in [6.45, 7) is 2.11. The van der Waals surface area contributed by atoms with Crippen LogP contribution in [-0.4, -0.2) is 27.9 Å². The minimum atomic E-state index is -0.330. The van der Waals surface area contributed by atoms with Gasteiger partial charge in [0, 0.05) is 29.2 Å². The molecule has 0 bridgehead atoms. The first kappa shape index (κ1) is 14.9. The number of nitrogens with zero attached hydrogens (tertiary/aromatic N) is 2. The monoisotopic (exact) mass is 321 g/mol. The van der Waals surface area contributed by atoms with Crippen molar-refractivity contribution in [3.8, 4) is 0 Å². The molecular weight excluding hydrogens is 302 g/mol. The molecule has 4 rings (SSSR count). The molecule has 5 nitrogen and oxygen atoms in total. The summed E-state index contributed by atoms with van der Waals surface area (Å²) in [7, 11) is 0. The Balaban J connectivity index is 1.87. The molecule has 5 heteroatoms. The number of hydrogen-bond acceptors (Lipinski definition) is 3. The molecule has 1 aliphatic rings. The second-order valence-corrected chi connectivity index (χ2v) is 6.29. The Bertz CT molecular complexity index is 867. The summed E-state index contributed by atoms with van der Waals surface area (Å²) in [5.74, 6) is 0. The zero-order valence-corrected chi connectivity index (χ0v) is 13.3. The van der Waals surface area contributed by atoms with Crippen molar-refractivity contribution >= 4 is 16.6 Å². The fourth-order valence-corrected chi connectivity index (χ4v) is 3.69. The Morgan fingerprint density at radius 3 is 2.54 bits per heavy atom. The Kier molecular flexibility index (Phi) is 3.78. The number of non-ortho nitro benzene ring substituents is 1. The molecule has 0 spiro atoms. The number of nitro benzene ring substituents is 1. The SMILES string of the molecule is O=[N+]([O-])c1ccc2[nH]cc(C(c3ccccc3)N3CCCC3)c2c1. The van der Waals surface area contributed by atoms with Gasteiger partial charge in [0.25, 0.3) is 5.69 Å². The second-order valence-electron chi connectivity index (χ2n) is 6.29. The number of aromatic amines is 1. The van der Waals surface area contributed by atoms with Gasteiger partial charge in [-0.2, -0.15) is 0 Å². The molecule has 3 aromatic rings. The van der Waals surface area contributed by atoms with Gasteiger partial charge in [-0.1, -0.05) is 30.3 Å². The van der Waals surface area contributed by atoms with Crippen molar-refractivity contribution in [3.05, 3.63) is 76.0 Å². The summed E-state index contributed by atoms with van der Waals surface area (Å²) in [4.78, 5) is 16.6. The van der Waals surface area contributed by atoms with Crippen LogP contribution >= 0.6 is 0 Å². The fraction of sp³-hybridized carbons (Fsp3) is 0.263. The first-order valence-electron chi connectivity index (χ1n) is 8.28. The van der Waals surface area contributed by atoms with Crippen LogP contribution in [0.15, 0.2) is 54.7 Å². The van der Waals surface area contributed by atoms with E-state index in [0.717, 1.165) is 29.6 Å². The van der Waals surface area contributed by atoms with Crippen molar-refractivity contribution < 1.29 is 4.92 Å². The van der Waals surface area contributed by atoms with Gasteiger partial charge in [-0.15, -0.1) is 0 Å². The molecule has 0 radical (unpaired) electrons. The highest BCUT2D eigenvalue weighted by atomic mass is 16.6. The predicted molar refractivity (Wildman–Crippen MR) is 94.0 cm³/mol. The van der Waals surface area contributed by atoms with Gasteiger partial charge < -0.3 is 4.98 Å². The summed E-state index contributed by atoms with van der Waals surface area (Å²) < 4.78 is 0. The van der Waals surface area contributed by atoms with Crippen molar-refractivity contribution in [2.45, 2.75) is 18.9 Å². The van der Waals surface area contributed by atoms with Crippen LogP contribution in [0.4, 0.5) is 5.69 Å². The number of nitrogens with one attached hydrogen (secondary N) is 1. The normalized spacial score (nSPS) is 16.5. The average molecular weight is 321 g/mol. The lowest BCUT2D eigenvalue weighted by Crippen LogP contribution is -2.26. The molecule has 1 fully saturated rings. The Morgan fingerprint density at radius 2 is 1.83 bits per heavy atom. The summed E-state index contributed by atoms with van der Waals surface area (Å²) in [6, 6.07) is 15.6. The number of nitro groups is 1. The zero-order chi connectivity index (χ0) is 16.5. The molecule has 2 aromatic carbocycles. The van der Waals surface area contributed by atoms with Crippen LogP contribution in [0.3, 0.4) is 0 Å². The lowest BCUT2D eigenvalue weighted by Gasteiger charge is -2.28. The van der Waals surface area contributed by atoms with E-state index in [0.29, 0.717) is 0 Å². The minimum absolute atomic E-state index is 0.129. The number of aromatic nitrogens is 1. The molecule has 1 N–H and O–H groups in total. The topological polar surface area (TPSA) is 62.2 Å². The van der Waals surface area contributed by atoms with E-state index >= 15 is 0 Å². The lowest BCUT2D eigenvalue weighted by molar-refractivity contribution is -0.384. The van der Waals surface area contributed by atoms with Crippen molar-refractivity contribution in [1.29, 1.82) is 0 Å². The van der Waals surface area contributed by atoms with E-state index in [1.807, 2.05) is 12.3 Å². The molecule has 0 saturated carbocycles. The van der Waals surface area contributed by atoms with Crippen molar-refractivity contribution in [1.82, 2.24) is 9.88 Å². The van der Waals surface area contributed by atoms with Gasteiger partial charge in [-0.05, 0) is 43.1 Å². The largest absolute Gasteiger partial charge is 0.361 e. The van der Waals surface area contributed by atoms with E-state index in [9.17, 15) is 10.1 Å². The highest BCUT2D eigenvalue weighted by Gasteiger charge is 2.27. The summed E-state index contributed by atoms with van der Waals surface area (Å²) in [6.07, 6.45) is 4.40. The van der Waals surface area contributed by atoms with Crippen LogP contribution in [0, 0.1) is 10.1 Å². The van der Waals surface area contributed by atoms with Crippen LogP contribution < -0.4 is 0 Å². The number of likely N-dealkylation sites (tertiary alicyclic amines) is 1. The lowest BCUT2D eigenvalue weighted by atomic mass is 9.96. The molecule has 1 aromatic heterocycles. The fourth-order valence-electron chi connectivity index (χ4n) is 3.69. The second kappa shape index (κ2) is 6.09. The number of benzene rings is 2. The molecule has 24 heavy (non-hydrogen) atoms. The molecule has 0 aliphatic carbocycles. The van der Waals surface area contributed by atoms with Gasteiger partial charge in [0.05, 0.1) is 11.0 Å². The molecule has 122 valence electrons. The quantitative estimate of drug-likeness (QED) is 0.577. The van der Waals surface area contributed by atoms with Crippen LogP contribution in [0.2, 0.25) is 0 Å². The average Bonchev–Trinajstić information content (AvgIpc) is 3.26. The van der Waals surface area contributed by atoms with E-state index in [1.54, 1.807) is 18.2 Å². The van der Waals surface area contributed by atoms with Gasteiger partial charge in [-0.3, -0.25) is 15.0 Å². The Morgan fingerprint density at radius 1 is 1.08 bits per heavy atom. The Hall–Kier alpha value is -2.66. The van der Waals surface area contributed by atoms with Gasteiger partial charge in [-0.25, -0.2) is 0 Å². The van der Waals surface area contributed by atoms with Crippen molar-refractivity contribution in [3.63, 3.8) is 0 Å². The number of rotatable bonds is 4. The molecule has 1 atom stereocenters. The van der Waals surface area contributed by atoms with E-state index in [1.165, 1.54) is 18.4 Å². The van der Waals surface area contributed by atoms with Crippen molar-refractivity contribution in [2.24, 2.45) is 0 Å². The van der Waals surface area contributed by atoms with Crippen LogP contribution in [-0.2, 0) is 0 Å². The van der Waals surface area contributed by atoms with E-state index in [2.05, 4.69) is 34.1 Å². The summed E-state index contributed by atoms with van der Waals surface area (Å²) in [5.41, 5.74) is 3.42. The maximum atomic E-state index is 11.2. The summed E-state index contributed by atoms with van der Waals surface area (Å²) >= 11 is 0. The van der Waals surface area contributed by atoms with Gasteiger partial charge >= 0.3 is 0 Å². The standard InChI is InChI=1S/C19H19N3O2/c23-22(24)15-8-9-18-16(12-15)17(13-20-18)19(21-10-4-5-11-21)14-6-2-1-3-7-14/h1-3,6-9,12-13,19-20H,4-5,10-11H2. The third kappa shape index (κ3) is 2.57. The molecule has 0 amide bonds. The van der Waals surface area contributed by atoms with Crippen LogP contribution in [0.25, 0.3) is 10.9 Å². The maximum Gasteiger partial charge on any atom is 0.270 e. The molecule has 1 aliphatic heterocycles. The highest BCUT2D eigenvalue weighted by molar-refractivity contribution is 5.86. The maximum absolute atomic E-state index is 11.2. The Labute approximate surface area is 140 Å². The molecule has 1 unspecified atom stereocenters. The number of H-pyrrole nitrogens is 1. The number of hydrogen-bond donors (Lipinski definition) is 1. The van der Waals surface area contributed by atoms with E-state index < -0.39 is 0 Å². The smallest absolute Gasteiger partial charge is 0.270 e. The number of fused-ring (bicyclic) bond motifs is 1. The minimum Gasteiger partial charge on any atom is -0.361 e. The highest BCUT2D eigenvalue weighted by Crippen LogP contribution is 2.36. The first-order chi connectivity index (χ1) is 11.7. The van der Waals surface area contributed by atoms with E-state index in [4.69, 9.17) is 0 Å². The first-order valence-corrected chi connectivity index (χ1v) is 8.28. The third-order valence-electron chi connectivity index (χ3n) is 4.82. The van der Waals surface area contributed by atoms with E-state index in [-0.39, 0.29) is 16.7 Å². The van der Waals surface area contributed by atoms with Crippen LogP contribution in [0.1, 0.15) is 30.0 Å².